The van der Waals surface area contributed by atoms with Gasteiger partial charge in [0.25, 0.3) is 0 Å². The van der Waals surface area contributed by atoms with E-state index in [2.05, 4.69) is 39.8 Å². The van der Waals surface area contributed by atoms with Gasteiger partial charge in [0.1, 0.15) is 5.75 Å². The van der Waals surface area contributed by atoms with E-state index < -0.39 is 0 Å². The largest absolute Gasteiger partial charge is 0.496 e. The molecule has 2 nitrogen and oxygen atoms in total. The summed E-state index contributed by atoms with van der Waals surface area (Å²) >= 11 is 0. The number of aryl methyl sites for hydroxylation is 2. The third kappa shape index (κ3) is 2.94. The molecular formula is C17H27NO. The molecule has 0 saturated heterocycles. The van der Waals surface area contributed by atoms with Crippen molar-refractivity contribution in [2.24, 2.45) is 11.1 Å². The van der Waals surface area contributed by atoms with Crippen LogP contribution in [-0.2, 0) is 0 Å². The first-order valence-corrected chi connectivity index (χ1v) is 7.25. The molecule has 2 atom stereocenters. The summed E-state index contributed by atoms with van der Waals surface area (Å²) in [4.78, 5) is 0. The van der Waals surface area contributed by atoms with E-state index in [1.807, 2.05) is 0 Å². The van der Waals surface area contributed by atoms with E-state index >= 15 is 0 Å². The third-order valence-corrected chi connectivity index (χ3v) is 4.53. The van der Waals surface area contributed by atoms with Crippen LogP contribution in [0, 0.1) is 19.3 Å². The van der Waals surface area contributed by atoms with Crippen molar-refractivity contribution in [1.82, 2.24) is 0 Å². The Labute approximate surface area is 117 Å². The fourth-order valence-electron chi connectivity index (χ4n) is 3.51. The summed E-state index contributed by atoms with van der Waals surface area (Å²) in [6.07, 6.45) is 3.47. The number of nitrogens with two attached hydrogens (primary N) is 1. The number of rotatable bonds is 2. The molecule has 1 aromatic rings. The van der Waals surface area contributed by atoms with Crippen LogP contribution in [0.25, 0.3) is 0 Å². The highest BCUT2D eigenvalue weighted by atomic mass is 16.5. The lowest BCUT2D eigenvalue weighted by Gasteiger charge is -2.40. The van der Waals surface area contributed by atoms with E-state index in [1.54, 1.807) is 7.11 Å². The molecule has 106 valence electrons. The van der Waals surface area contributed by atoms with E-state index in [4.69, 9.17) is 10.5 Å². The molecule has 0 spiro atoms. The Hall–Kier alpha value is -1.02. The number of ether oxygens (including phenoxy) is 1. The molecule has 2 heteroatoms. The fourth-order valence-corrected chi connectivity index (χ4v) is 3.51. The summed E-state index contributed by atoms with van der Waals surface area (Å²) in [5, 5.41) is 0. The lowest BCUT2D eigenvalue weighted by Crippen LogP contribution is -2.38. The van der Waals surface area contributed by atoms with Crippen LogP contribution in [0.2, 0.25) is 0 Å². The second-order valence-electron chi connectivity index (χ2n) is 6.88. The molecule has 19 heavy (non-hydrogen) atoms. The van der Waals surface area contributed by atoms with Gasteiger partial charge >= 0.3 is 0 Å². The molecule has 0 heterocycles. The Bertz CT molecular complexity index is 465. The SMILES string of the molecule is COc1cc(C)cc(C)c1C1CC(C)(C)CCC1N. The molecule has 0 amide bonds. The van der Waals surface area contributed by atoms with Crippen molar-refractivity contribution in [3.8, 4) is 5.75 Å². The standard InChI is InChI=1S/C17H27NO/c1-11-8-12(2)16(15(9-11)19-5)13-10-17(3,4)7-6-14(13)18/h8-9,13-14H,6-7,10,18H2,1-5H3. The van der Waals surface area contributed by atoms with Gasteiger partial charge in [-0.25, -0.2) is 0 Å². The first kappa shape index (κ1) is 14.4. The number of hydrogen-bond donors (Lipinski definition) is 1. The van der Waals surface area contributed by atoms with E-state index in [0.29, 0.717) is 11.3 Å². The minimum absolute atomic E-state index is 0.253. The Balaban J connectivity index is 2.45. The van der Waals surface area contributed by atoms with Crippen LogP contribution in [0.15, 0.2) is 12.1 Å². The summed E-state index contributed by atoms with van der Waals surface area (Å²) in [6, 6.07) is 4.63. The average molecular weight is 261 g/mol. The number of methoxy groups -OCH3 is 1. The van der Waals surface area contributed by atoms with Crippen LogP contribution in [0.3, 0.4) is 0 Å². The van der Waals surface area contributed by atoms with Gasteiger partial charge in [-0.2, -0.15) is 0 Å². The van der Waals surface area contributed by atoms with Crippen molar-refractivity contribution in [2.75, 3.05) is 7.11 Å². The van der Waals surface area contributed by atoms with Gasteiger partial charge in [-0.3, -0.25) is 0 Å². The molecular weight excluding hydrogens is 234 g/mol. The minimum Gasteiger partial charge on any atom is -0.496 e. The average Bonchev–Trinajstić information content (AvgIpc) is 2.32. The highest BCUT2D eigenvalue weighted by molar-refractivity contribution is 5.46. The first-order chi connectivity index (χ1) is 8.84. The summed E-state index contributed by atoms with van der Waals surface area (Å²) in [5.74, 6) is 1.43. The maximum Gasteiger partial charge on any atom is 0.122 e. The van der Waals surface area contributed by atoms with Gasteiger partial charge in [-0.1, -0.05) is 19.9 Å². The maximum atomic E-state index is 6.41. The molecule has 0 bridgehead atoms. The Kier molecular flexibility index (Phi) is 3.91. The van der Waals surface area contributed by atoms with Crippen molar-refractivity contribution >= 4 is 0 Å². The van der Waals surface area contributed by atoms with Crippen LogP contribution in [0.1, 0.15) is 55.7 Å². The quantitative estimate of drug-likeness (QED) is 0.875. The van der Waals surface area contributed by atoms with Gasteiger partial charge in [0.2, 0.25) is 0 Å². The third-order valence-electron chi connectivity index (χ3n) is 4.53. The van der Waals surface area contributed by atoms with Crippen molar-refractivity contribution in [3.05, 3.63) is 28.8 Å². The van der Waals surface area contributed by atoms with Gasteiger partial charge in [-0.15, -0.1) is 0 Å². The molecule has 2 rings (SSSR count). The molecule has 2 N–H and O–H groups in total. The van der Waals surface area contributed by atoms with Crippen molar-refractivity contribution in [1.29, 1.82) is 0 Å². The van der Waals surface area contributed by atoms with E-state index in [1.165, 1.54) is 23.1 Å². The molecule has 2 unspecified atom stereocenters. The van der Waals surface area contributed by atoms with Gasteiger partial charge in [0, 0.05) is 17.5 Å². The summed E-state index contributed by atoms with van der Waals surface area (Å²) in [6.45, 7) is 8.99. The maximum absolute atomic E-state index is 6.41. The van der Waals surface area contributed by atoms with E-state index in [-0.39, 0.29) is 6.04 Å². The predicted molar refractivity (Wildman–Crippen MR) is 80.8 cm³/mol. The van der Waals surface area contributed by atoms with Crippen molar-refractivity contribution in [3.63, 3.8) is 0 Å². The van der Waals surface area contributed by atoms with Gasteiger partial charge in [0.05, 0.1) is 7.11 Å². The molecule has 1 saturated carbocycles. The molecule has 0 aromatic heterocycles. The highest BCUT2D eigenvalue weighted by Gasteiger charge is 2.35. The van der Waals surface area contributed by atoms with E-state index in [0.717, 1.165) is 18.6 Å². The van der Waals surface area contributed by atoms with Gasteiger partial charge in [-0.05, 0) is 55.7 Å². The predicted octanol–water partition coefficient (Wildman–Crippen LogP) is 3.93. The van der Waals surface area contributed by atoms with Crippen LogP contribution in [0.4, 0.5) is 0 Å². The Morgan fingerprint density at radius 1 is 1.26 bits per heavy atom. The van der Waals surface area contributed by atoms with Gasteiger partial charge in [0.15, 0.2) is 0 Å². The summed E-state index contributed by atoms with van der Waals surface area (Å²) < 4.78 is 5.62. The number of hydrogen-bond acceptors (Lipinski definition) is 2. The minimum atomic E-state index is 0.253. The molecule has 0 aliphatic heterocycles. The molecule has 1 aliphatic rings. The van der Waals surface area contributed by atoms with Crippen LogP contribution in [-0.4, -0.2) is 13.2 Å². The smallest absolute Gasteiger partial charge is 0.122 e. The zero-order valence-electron chi connectivity index (χ0n) is 12.9. The van der Waals surface area contributed by atoms with Crippen molar-refractivity contribution < 1.29 is 4.74 Å². The summed E-state index contributed by atoms with van der Waals surface area (Å²) in [7, 11) is 1.76. The van der Waals surface area contributed by atoms with E-state index in [9.17, 15) is 0 Å². The van der Waals surface area contributed by atoms with Crippen molar-refractivity contribution in [2.45, 2.75) is 58.9 Å². The van der Waals surface area contributed by atoms with Crippen LogP contribution >= 0.6 is 0 Å². The molecule has 0 radical (unpaired) electrons. The Morgan fingerprint density at radius 2 is 1.95 bits per heavy atom. The molecule has 1 fully saturated rings. The van der Waals surface area contributed by atoms with Crippen LogP contribution in [0.5, 0.6) is 5.75 Å². The molecule has 1 aromatic carbocycles. The zero-order valence-corrected chi connectivity index (χ0v) is 12.9. The lowest BCUT2D eigenvalue weighted by atomic mass is 9.67. The second-order valence-corrected chi connectivity index (χ2v) is 6.88. The highest BCUT2D eigenvalue weighted by Crippen LogP contribution is 2.46. The summed E-state index contributed by atoms with van der Waals surface area (Å²) in [5.41, 5.74) is 10.7. The fraction of sp³-hybridized carbons (Fsp3) is 0.647. The topological polar surface area (TPSA) is 35.2 Å². The van der Waals surface area contributed by atoms with Crippen LogP contribution < -0.4 is 10.5 Å². The molecule has 1 aliphatic carbocycles. The monoisotopic (exact) mass is 261 g/mol. The number of benzene rings is 1. The lowest BCUT2D eigenvalue weighted by molar-refractivity contribution is 0.196. The first-order valence-electron chi connectivity index (χ1n) is 7.25. The Morgan fingerprint density at radius 3 is 2.58 bits per heavy atom. The van der Waals surface area contributed by atoms with Gasteiger partial charge < -0.3 is 10.5 Å². The zero-order chi connectivity index (χ0) is 14.2. The second kappa shape index (κ2) is 5.16. The normalized spacial score (nSPS) is 26.2.